The first-order valence-electron chi connectivity index (χ1n) is 6.25. The van der Waals surface area contributed by atoms with Crippen LogP contribution in [0.15, 0.2) is 48.5 Å². The van der Waals surface area contributed by atoms with Crippen molar-refractivity contribution in [3.8, 4) is 11.6 Å². The summed E-state index contributed by atoms with van der Waals surface area (Å²) in [5.74, 6) is -1.04. The summed E-state index contributed by atoms with van der Waals surface area (Å²) < 4.78 is 32.4. The van der Waals surface area contributed by atoms with E-state index in [2.05, 4.69) is 4.98 Å². The summed E-state index contributed by atoms with van der Waals surface area (Å²) in [4.78, 5) is 4.24. The molecule has 0 spiro atoms. The Hall–Kier alpha value is -2.20. The van der Waals surface area contributed by atoms with E-state index in [4.69, 9.17) is 16.3 Å². The Kier molecular flexibility index (Phi) is 3.71. The zero-order valence-electron chi connectivity index (χ0n) is 10.8. The molecule has 106 valence electrons. The smallest absolute Gasteiger partial charge is 0.227 e. The van der Waals surface area contributed by atoms with Crippen LogP contribution in [-0.4, -0.2) is 4.98 Å². The number of nitrogens with zero attached hydrogens (tertiary/aromatic N) is 1. The Labute approximate surface area is 125 Å². The molecule has 2 nitrogen and oxygen atoms in total. The van der Waals surface area contributed by atoms with Gasteiger partial charge in [-0.05, 0) is 29.7 Å². The normalized spacial score (nSPS) is 10.8. The lowest BCUT2D eigenvalue weighted by Crippen LogP contribution is -1.96. The van der Waals surface area contributed by atoms with Gasteiger partial charge in [-0.2, -0.15) is 0 Å². The second kappa shape index (κ2) is 5.66. The maximum atomic E-state index is 13.7. The van der Waals surface area contributed by atoms with Crippen LogP contribution in [0.1, 0.15) is 5.69 Å². The molecular formula is C16H10ClF2NO. The molecule has 3 rings (SSSR count). The van der Waals surface area contributed by atoms with Crippen molar-refractivity contribution < 1.29 is 13.5 Å². The molecule has 0 N–H and O–H groups in total. The molecule has 2 aromatic carbocycles. The highest BCUT2D eigenvalue weighted by atomic mass is 35.5. The third kappa shape index (κ3) is 2.81. The van der Waals surface area contributed by atoms with Gasteiger partial charge in [-0.3, -0.25) is 0 Å². The van der Waals surface area contributed by atoms with Crippen LogP contribution in [0.25, 0.3) is 10.8 Å². The Morgan fingerprint density at radius 2 is 1.86 bits per heavy atom. The summed E-state index contributed by atoms with van der Waals surface area (Å²) in [7, 11) is 0. The lowest BCUT2D eigenvalue weighted by Gasteiger charge is -2.10. The van der Waals surface area contributed by atoms with Crippen LogP contribution in [0.4, 0.5) is 8.78 Å². The van der Waals surface area contributed by atoms with Crippen LogP contribution in [0.5, 0.6) is 11.6 Å². The molecule has 0 aliphatic carbocycles. The van der Waals surface area contributed by atoms with E-state index in [1.165, 1.54) is 0 Å². The maximum absolute atomic E-state index is 13.7. The lowest BCUT2D eigenvalue weighted by atomic mass is 10.1. The van der Waals surface area contributed by atoms with Crippen molar-refractivity contribution in [2.45, 2.75) is 5.88 Å². The minimum absolute atomic E-state index is 0.201. The molecule has 0 fully saturated rings. The second-order valence-corrected chi connectivity index (χ2v) is 4.72. The minimum Gasteiger partial charge on any atom is -0.435 e. The van der Waals surface area contributed by atoms with Gasteiger partial charge in [0, 0.05) is 11.5 Å². The molecule has 0 saturated carbocycles. The SMILES string of the molecule is Fc1ccc(F)c(Oc2nc(CCl)cc3ccccc23)c1. The van der Waals surface area contributed by atoms with Gasteiger partial charge in [0.15, 0.2) is 11.6 Å². The lowest BCUT2D eigenvalue weighted by molar-refractivity contribution is 0.426. The first-order valence-corrected chi connectivity index (χ1v) is 6.78. The third-order valence-corrected chi connectivity index (χ3v) is 3.27. The second-order valence-electron chi connectivity index (χ2n) is 4.45. The third-order valence-electron chi connectivity index (χ3n) is 3.00. The number of hydrogen-bond acceptors (Lipinski definition) is 2. The highest BCUT2D eigenvalue weighted by Crippen LogP contribution is 2.30. The van der Waals surface area contributed by atoms with Crippen LogP contribution < -0.4 is 4.74 Å². The minimum atomic E-state index is -0.654. The summed E-state index contributed by atoms with van der Waals surface area (Å²) in [6.45, 7) is 0. The van der Waals surface area contributed by atoms with Gasteiger partial charge in [0.2, 0.25) is 5.88 Å². The topological polar surface area (TPSA) is 22.1 Å². The average molecular weight is 306 g/mol. The molecule has 0 bridgehead atoms. The van der Waals surface area contributed by atoms with E-state index in [0.29, 0.717) is 11.1 Å². The Morgan fingerprint density at radius 1 is 1.05 bits per heavy atom. The van der Waals surface area contributed by atoms with E-state index in [1.807, 2.05) is 24.3 Å². The summed E-state index contributed by atoms with van der Waals surface area (Å²) in [6.07, 6.45) is 0. The Bertz CT molecular complexity index is 807. The largest absolute Gasteiger partial charge is 0.435 e. The van der Waals surface area contributed by atoms with Gasteiger partial charge in [-0.1, -0.05) is 18.2 Å². The van der Waals surface area contributed by atoms with Crippen molar-refractivity contribution >= 4 is 22.4 Å². The van der Waals surface area contributed by atoms with E-state index < -0.39 is 11.6 Å². The molecule has 0 amide bonds. The summed E-state index contributed by atoms with van der Waals surface area (Å²) in [5, 5.41) is 1.57. The monoisotopic (exact) mass is 305 g/mol. The molecule has 0 aliphatic heterocycles. The predicted molar refractivity (Wildman–Crippen MR) is 77.7 cm³/mol. The highest BCUT2D eigenvalue weighted by Gasteiger charge is 2.11. The zero-order valence-corrected chi connectivity index (χ0v) is 11.6. The molecule has 0 unspecified atom stereocenters. The zero-order chi connectivity index (χ0) is 14.8. The van der Waals surface area contributed by atoms with Crippen molar-refractivity contribution in [2.24, 2.45) is 0 Å². The van der Waals surface area contributed by atoms with Crippen molar-refractivity contribution in [3.63, 3.8) is 0 Å². The van der Waals surface area contributed by atoms with Crippen molar-refractivity contribution in [1.29, 1.82) is 0 Å². The van der Waals surface area contributed by atoms with Crippen LogP contribution >= 0.6 is 11.6 Å². The number of hydrogen-bond donors (Lipinski definition) is 0. The van der Waals surface area contributed by atoms with E-state index in [1.54, 1.807) is 6.07 Å². The van der Waals surface area contributed by atoms with Crippen molar-refractivity contribution in [3.05, 3.63) is 65.9 Å². The molecule has 0 radical (unpaired) electrons. The van der Waals surface area contributed by atoms with E-state index in [0.717, 1.165) is 23.6 Å². The first-order chi connectivity index (χ1) is 10.2. The number of alkyl halides is 1. The predicted octanol–water partition coefficient (Wildman–Crippen LogP) is 5.04. The molecular weight excluding hydrogens is 296 g/mol. The highest BCUT2D eigenvalue weighted by molar-refractivity contribution is 6.17. The molecule has 0 atom stereocenters. The molecule has 1 heterocycles. The van der Waals surface area contributed by atoms with Gasteiger partial charge in [-0.15, -0.1) is 11.6 Å². The van der Waals surface area contributed by atoms with Crippen LogP contribution in [-0.2, 0) is 5.88 Å². The fourth-order valence-corrected chi connectivity index (χ4v) is 2.16. The summed E-state index contributed by atoms with van der Waals surface area (Å²) >= 11 is 5.81. The molecule has 0 aliphatic rings. The molecule has 1 aromatic heterocycles. The summed E-state index contributed by atoms with van der Waals surface area (Å²) in [6, 6.07) is 12.2. The van der Waals surface area contributed by atoms with Gasteiger partial charge in [0.25, 0.3) is 0 Å². The molecule has 3 aromatic rings. The number of rotatable bonds is 3. The first kappa shape index (κ1) is 13.8. The van der Waals surface area contributed by atoms with Gasteiger partial charge in [-0.25, -0.2) is 13.8 Å². The molecule has 21 heavy (non-hydrogen) atoms. The maximum Gasteiger partial charge on any atom is 0.227 e. The van der Waals surface area contributed by atoms with E-state index >= 15 is 0 Å². The number of pyridine rings is 1. The quantitative estimate of drug-likeness (QED) is 0.632. The van der Waals surface area contributed by atoms with Crippen molar-refractivity contribution in [1.82, 2.24) is 4.98 Å². The molecule has 5 heteroatoms. The Balaban J connectivity index is 2.13. The number of ether oxygens (including phenoxy) is 1. The van der Waals surface area contributed by atoms with Crippen LogP contribution in [0.2, 0.25) is 0 Å². The van der Waals surface area contributed by atoms with Gasteiger partial charge < -0.3 is 4.74 Å². The van der Waals surface area contributed by atoms with Gasteiger partial charge >= 0.3 is 0 Å². The van der Waals surface area contributed by atoms with Crippen LogP contribution in [0, 0.1) is 11.6 Å². The summed E-state index contributed by atoms with van der Waals surface area (Å²) in [5.41, 5.74) is 0.599. The standard InChI is InChI=1S/C16H10ClF2NO/c17-9-12-7-10-3-1-2-4-13(10)16(20-12)21-15-8-11(18)5-6-14(15)19/h1-8H,9H2. The van der Waals surface area contributed by atoms with Crippen LogP contribution in [0.3, 0.4) is 0 Å². The van der Waals surface area contributed by atoms with E-state index in [9.17, 15) is 8.78 Å². The number of halogens is 3. The van der Waals surface area contributed by atoms with Crippen molar-refractivity contribution in [2.75, 3.05) is 0 Å². The fraction of sp³-hybridized carbons (Fsp3) is 0.0625. The number of benzene rings is 2. The number of fused-ring (bicyclic) bond motifs is 1. The average Bonchev–Trinajstić information content (AvgIpc) is 2.50. The number of aromatic nitrogens is 1. The molecule has 0 saturated heterocycles. The Morgan fingerprint density at radius 3 is 2.67 bits per heavy atom. The van der Waals surface area contributed by atoms with Gasteiger partial charge in [0.1, 0.15) is 5.82 Å². The van der Waals surface area contributed by atoms with E-state index in [-0.39, 0.29) is 17.5 Å². The van der Waals surface area contributed by atoms with Gasteiger partial charge in [0.05, 0.1) is 11.6 Å². The fourth-order valence-electron chi connectivity index (χ4n) is 2.03.